The molecule has 0 saturated heterocycles. The fourth-order valence-corrected chi connectivity index (χ4v) is 1.79. The molecule has 0 aliphatic carbocycles. The Labute approximate surface area is 121 Å². The first-order chi connectivity index (χ1) is 9.56. The largest absolute Gasteiger partial charge is 0.484 e. The summed E-state index contributed by atoms with van der Waals surface area (Å²) in [5.41, 5.74) is 1.70. The van der Waals surface area contributed by atoms with Gasteiger partial charge in [-0.3, -0.25) is 4.79 Å². The SMILES string of the molecule is Cc1ccccc1NC(=O)COc1ccc(F)c(Cl)c1. The zero-order chi connectivity index (χ0) is 14.5. The number of aryl methyl sites for hydroxylation is 1. The standard InChI is InChI=1S/C15H13ClFNO2/c1-10-4-2-3-5-14(10)18-15(19)9-20-11-6-7-13(17)12(16)8-11/h2-8H,9H2,1H3,(H,18,19). The molecule has 2 rings (SSSR count). The van der Waals surface area contributed by atoms with Crippen molar-refractivity contribution in [3.05, 3.63) is 58.9 Å². The second-order valence-corrected chi connectivity index (χ2v) is 4.63. The summed E-state index contributed by atoms with van der Waals surface area (Å²) in [6, 6.07) is 11.4. The van der Waals surface area contributed by atoms with E-state index in [4.69, 9.17) is 16.3 Å². The van der Waals surface area contributed by atoms with Crippen LogP contribution in [0.5, 0.6) is 5.75 Å². The third-order valence-electron chi connectivity index (χ3n) is 2.68. The minimum Gasteiger partial charge on any atom is -0.484 e. The first-order valence-electron chi connectivity index (χ1n) is 5.99. The van der Waals surface area contributed by atoms with Gasteiger partial charge in [0.25, 0.3) is 5.91 Å². The molecule has 1 amide bonds. The van der Waals surface area contributed by atoms with Crippen LogP contribution in [0, 0.1) is 12.7 Å². The lowest BCUT2D eigenvalue weighted by atomic mass is 10.2. The number of hydrogen-bond acceptors (Lipinski definition) is 2. The predicted molar refractivity (Wildman–Crippen MR) is 76.7 cm³/mol. The Hall–Kier alpha value is -2.07. The zero-order valence-corrected chi connectivity index (χ0v) is 11.6. The van der Waals surface area contributed by atoms with Crippen molar-refractivity contribution in [3.63, 3.8) is 0 Å². The normalized spacial score (nSPS) is 10.2. The van der Waals surface area contributed by atoms with Crippen LogP contribution in [0.25, 0.3) is 0 Å². The van der Waals surface area contributed by atoms with Crippen molar-refractivity contribution in [1.82, 2.24) is 0 Å². The second-order valence-electron chi connectivity index (χ2n) is 4.23. The van der Waals surface area contributed by atoms with Crippen LogP contribution in [0.4, 0.5) is 10.1 Å². The molecule has 0 aromatic heterocycles. The number of halogens is 2. The van der Waals surface area contributed by atoms with E-state index in [0.717, 1.165) is 11.3 Å². The van der Waals surface area contributed by atoms with Crippen molar-refractivity contribution >= 4 is 23.2 Å². The van der Waals surface area contributed by atoms with Gasteiger partial charge in [-0.2, -0.15) is 0 Å². The Bertz CT molecular complexity index is 631. The van der Waals surface area contributed by atoms with E-state index in [-0.39, 0.29) is 17.5 Å². The Balaban J connectivity index is 1.92. The van der Waals surface area contributed by atoms with Gasteiger partial charge >= 0.3 is 0 Å². The van der Waals surface area contributed by atoms with Crippen LogP contribution in [0.15, 0.2) is 42.5 Å². The van der Waals surface area contributed by atoms with E-state index in [0.29, 0.717) is 5.75 Å². The molecular formula is C15H13ClFNO2. The number of carbonyl (C=O) groups excluding carboxylic acids is 1. The van der Waals surface area contributed by atoms with E-state index in [1.807, 2.05) is 31.2 Å². The average molecular weight is 294 g/mol. The lowest BCUT2D eigenvalue weighted by Gasteiger charge is -2.09. The highest BCUT2D eigenvalue weighted by atomic mass is 35.5. The lowest BCUT2D eigenvalue weighted by molar-refractivity contribution is -0.118. The summed E-state index contributed by atoms with van der Waals surface area (Å²) in [6.07, 6.45) is 0. The van der Waals surface area contributed by atoms with Gasteiger partial charge in [0.15, 0.2) is 6.61 Å². The van der Waals surface area contributed by atoms with Crippen molar-refractivity contribution in [1.29, 1.82) is 0 Å². The fraction of sp³-hybridized carbons (Fsp3) is 0.133. The number of carbonyl (C=O) groups is 1. The maximum absolute atomic E-state index is 13.0. The molecule has 1 N–H and O–H groups in total. The molecule has 0 saturated carbocycles. The van der Waals surface area contributed by atoms with Gasteiger partial charge in [-0.05, 0) is 30.7 Å². The number of hydrogen-bond donors (Lipinski definition) is 1. The Morgan fingerprint density at radius 2 is 2.05 bits per heavy atom. The number of ether oxygens (including phenoxy) is 1. The van der Waals surface area contributed by atoms with E-state index in [1.54, 1.807) is 0 Å². The molecule has 2 aromatic carbocycles. The van der Waals surface area contributed by atoms with Crippen molar-refractivity contribution < 1.29 is 13.9 Å². The van der Waals surface area contributed by atoms with Crippen molar-refractivity contribution in [2.45, 2.75) is 6.92 Å². The first-order valence-corrected chi connectivity index (χ1v) is 6.37. The molecule has 5 heteroatoms. The molecule has 0 heterocycles. The van der Waals surface area contributed by atoms with Crippen LogP contribution >= 0.6 is 11.6 Å². The molecule has 0 unspecified atom stereocenters. The summed E-state index contributed by atoms with van der Waals surface area (Å²) < 4.78 is 18.2. The molecule has 20 heavy (non-hydrogen) atoms. The van der Waals surface area contributed by atoms with E-state index in [9.17, 15) is 9.18 Å². The monoisotopic (exact) mass is 293 g/mol. The number of rotatable bonds is 4. The van der Waals surface area contributed by atoms with Crippen molar-refractivity contribution in [2.75, 3.05) is 11.9 Å². The molecule has 3 nitrogen and oxygen atoms in total. The van der Waals surface area contributed by atoms with Crippen molar-refractivity contribution in [2.24, 2.45) is 0 Å². The smallest absolute Gasteiger partial charge is 0.262 e. The average Bonchev–Trinajstić information content (AvgIpc) is 2.43. The highest BCUT2D eigenvalue weighted by Gasteiger charge is 2.07. The Kier molecular flexibility index (Phi) is 4.58. The third-order valence-corrected chi connectivity index (χ3v) is 2.97. The van der Waals surface area contributed by atoms with Gasteiger partial charge in [-0.25, -0.2) is 4.39 Å². The Morgan fingerprint density at radius 3 is 2.75 bits per heavy atom. The molecular weight excluding hydrogens is 281 g/mol. The highest BCUT2D eigenvalue weighted by molar-refractivity contribution is 6.30. The van der Waals surface area contributed by atoms with Gasteiger partial charge in [0, 0.05) is 11.8 Å². The summed E-state index contributed by atoms with van der Waals surface area (Å²) in [4.78, 5) is 11.7. The van der Waals surface area contributed by atoms with Crippen LogP contribution in [0.1, 0.15) is 5.56 Å². The maximum Gasteiger partial charge on any atom is 0.262 e. The number of nitrogens with one attached hydrogen (secondary N) is 1. The molecule has 0 radical (unpaired) electrons. The van der Waals surface area contributed by atoms with E-state index < -0.39 is 5.82 Å². The van der Waals surface area contributed by atoms with Gasteiger partial charge in [0.05, 0.1) is 5.02 Å². The van der Waals surface area contributed by atoms with Crippen molar-refractivity contribution in [3.8, 4) is 5.75 Å². The van der Waals surface area contributed by atoms with Crippen LogP contribution in [-0.4, -0.2) is 12.5 Å². The lowest BCUT2D eigenvalue weighted by Crippen LogP contribution is -2.20. The summed E-state index contributed by atoms with van der Waals surface area (Å²) in [5, 5.41) is 2.70. The quantitative estimate of drug-likeness (QED) is 0.931. The number of anilines is 1. The van der Waals surface area contributed by atoms with Gasteiger partial charge in [0.2, 0.25) is 0 Å². The van der Waals surface area contributed by atoms with Crippen LogP contribution < -0.4 is 10.1 Å². The zero-order valence-electron chi connectivity index (χ0n) is 10.8. The van der Waals surface area contributed by atoms with Gasteiger partial charge in [0.1, 0.15) is 11.6 Å². The molecule has 0 spiro atoms. The van der Waals surface area contributed by atoms with E-state index >= 15 is 0 Å². The summed E-state index contributed by atoms with van der Waals surface area (Å²) in [7, 11) is 0. The number of para-hydroxylation sites is 1. The Morgan fingerprint density at radius 1 is 1.30 bits per heavy atom. The molecule has 0 bridgehead atoms. The summed E-state index contributed by atoms with van der Waals surface area (Å²) in [5.74, 6) is -0.473. The first kappa shape index (κ1) is 14.3. The molecule has 0 aliphatic heterocycles. The molecule has 2 aromatic rings. The van der Waals surface area contributed by atoms with E-state index in [2.05, 4.69) is 5.32 Å². The second kappa shape index (κ2) is 6.39. The highest BCUT2D eigenvalue weighted by Crippen LogP contribution is 2.21. The van der Waals surface area contributed by atoms with Crippen LogP contribution in [0.2, 0.25) is 5.02 Å². The van der Waals surface area contributed by atoms with Gasteiger partial charge in [-0.1, -0.05) is 29.8 Å². The third kappa shape index (κ3) is 3.71. The predicted octanol–water partition coefficient (Wildman–Crippen LogP) is 3.81. The fourth-order valence-electron chi connectivity index (χ4n) is 1.61. The minimum absolute atomic E-state index is 0.0400. The number of amides is 1. The molecule has 104 valence electrons. The minimum atomic E-state index is -0.525. The van der Waals surface area contributed by atoms with Crippen LogP contribution in [-0.2, 0) is 4.79 Å². The molecule has 0 atom stereocenters. The molecule has 0 aliphatic rings. The topological polar surface area (TPSA) is 38.3 Å². The van der Waals surface area contributed by atoms with Gasteiger partial charge < -0.3 is 10.1 Å². The van der Waals surface area contributed by atoms with Gasteiger partial charge in [-0.15, -0.1) is 0 Å². The maximum atomic E-state index is 13.0. The van der Waals surface area contributed by atoms with Crippen LogP contribution in [0.3, 0.4) is 0 Å². The van der Waals surface area contributed by atoms with E-state index in [1.165, 1.54) is 18.2 Å². The summed E-state index contributed by atoms with van der Waals surface area (Å²) >= 11 is 5.62. The summed E-state index contributed by atoms with van der Waals surface area (Å²) in [6.45, 7) is 1.73. The molecule has 0 fully saturated rings. The number of benzene rings is 2.